The lowest BCUT2D eigenvalue weighted by atomic mass is 9.96. The summed E-state index contributed by atoms with van der Waals surface area (Å²) in [5.74, 6) is -2.03. The van der Waals surface area contributed by atoms with Crippen molar-refractivity contribution >= 4 is 28.0 Å². The van der Waals surface area contributed by atoms with Gasteiger partial charge in [-0.15, -0.1) is 0 Å². The lowest BCUT2D eigenvalue weighted by Gasteiger charge is -2.39. The van der Waals surface area contributed by atoms with Crippen LogP contribution in [0.5, 0.6) is 0 Å². The number of hydrogen-bond acceptors (Lipinski definition) is 8. The highest BCUT2D eigenvalue weighted by Gasteiger charge is 2.36. The molecule has 11 heteroatoms. The first-order chi connectivity index (χ1) is 18.4. The second-order valence-corrected chi connectivity index (χ2v) is 13.7. The molecule has 3 rings (SSSR count). The molecule has 0 spiro atoms. The van der Waals surface area contributed by atoms with Gasteiger partial charge < -0.3 is 14.2 Å². The molecule has 9 nitrogen and oxygen atoms in total. The Morgan fingerprint density at radius 1 is 1.23 bits per heavy atom. The summed E-state index contributed by atoms with van der Waals surface area (Å²) < 4.78 is 58.2. The zero-order valence-corrected chi connectivity index (χ0v) is 25.5. The Morgan fingerprint density at radius 2 is 1.88 bits per heavy atom. The second-order valence-electron chi connectivity index (χ2n) is 11.7. The third-order valence-electron chi connectivity index (χ3n) is 6.09. The molecule has 2 atom stereocenters. The van der Waals surface area contributed by atoms with Crippen LogP contribution < -0.4 is 4.31 Å². The van der Waals surface area contributed by atoms with E-state index >= 15 is 4.39 Å². The van der Waals surface area contributed by atoms with Crippen molar-refractivity contribution in [3.63, 3.8) is 0 Å². The normalized spacial score (nSPS) is 19.7. The highest BCUT2D eigenvalue weighted by atomic mass is 32.2. The number of hydrogen-bond donors (Lipinski definition) is 0. The highest BCUT2D eigenvalue weighted by molar-refractivity contribution is 7.92. The van der Waals surface area contributed by atoms with Gasteiger partial charge in [0.05, 0.1) is 36.3 Å². The monoisotopic (exact) mass is 577 g/mol. The van der Waals surface area contributed by atoms with Crippen LogP contribution in [0.2, 0.25) is 0 Å². The molecule has 0 saturated carbocycles. The molecule has 0 unspecified atom stereocenters. The van der Waals surface area contributed by atoms with Crippen LogP contribution in [0.1, 0.15) is 78.5 Å². The van der Waals surface area contributed by atoms with Crippen LogP contribution in [0, 0.1) is 5.82 Å². The van der Waals surface area contributed by atoms with Crippen LogP contribution in [0.15, 0.2) is 30.3 Å². The first kappa shape index (κ1) is 31.6. The van der Waals surface area contributed by atoms with Gasteiger partial charge in [-0.05, 0) is 52.7 Å². The van der Waals surface area contributed by atoms with Gasteiger partial charge in [0.15, 0.2) is 5.79 Å². The van der Waals surface area contributed by atoms with Crippen molar-refractivity contribution in [3.05, 3.63) is 47.4 Å². The predicted octanol–water partition coefficient (Wildman–Crippen LogP) is 5.46. The Morgan fingerprint density at radius 3 is 2.45 bits per heavy atom. The minimum absolute atomic E-state index is 0.0533. The molecular formula is C29H40FN3O6S. The quantitative estimate of drug-likeness (QED) is 0.381. The van der Waals surface area contributed by atoms with Gasteiger partial charge in [-0.2, -0.15) is 0 Å². The number of anilines is 1. The summed E-state index contributed by atoms with van der Waals surface area (Å²) >= 11 is 0. The number of rotatable bonds is 8. The van der Waals surface area contributed by atoms with Gasteiger partial charge in [0, 0.05) is 24.6 Å². The lowest BCUT2D eigenvalue weighted by molar-refractivity contribution is -0.290. The van der Waals surface area contributed by atoms with Crippen LogP contribution in [0.25, 0.3) is 17.3 Å². The van der Waals surface area contributed by atoms with Crippen molar-refractivity contribution in [1.29, 1.82) is 0 Å². The maximum atomic E-state index is 15.0. The zero-order valence-electron chi connectivity index (χ0n) is 24.7. The molecule has 40 heavy (non-hydrogen) atoms. The molecule has 1 aliphatic rings. The van der Waals surface area contributed by atoms with Gasteiger partial charge in [0.1, 0.15) is 11.4 Å². The summed E-state index contributed by atoms with van der Waals surface area (Å²) in [5.41, 5.74) is 0.958. The van der Waals surface area contributed by atoms with Gasteiger partial charge in [0.25, 0.3) is 0 Å². The van der Waals surface area contributed by atoms with Crippen molar-refractivity contribution in [3.8, 4) is 11.3 Å². The van der Waals surface area contributed by atoms with Crippen LogP contribution in [0.3, 0.4) is 0 Å². The Hall–Kier alpha value is -2.89. The summed E-state index contributed by atoms with van der Waals surface area (Å²) in [4.78, 5) is 21.6. The van der Waals surface area contributed by atoms with E-state index in [1.807, 2.05) is 40.7 Å². The fourth-order valence-electron chi connectivity index (χ4n) is 4.39. The van der Waals surface area contributed by atoms with Crippen LogP contribution in [-0.2, 0) is 29.0 Å². The van der Waals surface area contributed by atoms with E-state index in [0.29, 0.717) is 17.7 Å². The lowest BCUT2D eigenvalue weighted by Crippen LogP contribution is -2.45. The van der Waals surface area contributed by atoms with E-state index in [2.05, 4.69) is 9.97 Å². The molecular weight excluding hydrogens is 537 g/mol. The number of benzene rings is 1. The van der Waals surface area contributed by atoms with Crippen LogP contribution in [-0.4, -0.2) is 61.3 Å². The molecule has 1 fully saturated rings. The number of nitrogens with zero attached hydrogens (tertiary/aromatic N) is 3. The molecule has 1 aromatic carbocycles. The number of ether oxygens (including phenoxy) is 3. The third-order valence-corrected chi connectivity index (χ3v) is 7.25. The third kappa shape index (κ3) is 8.31. The summed E-state index contributed by atoms with van der Waals surface area (Å²) in [6.07, 6.45) is 4.23. The number of halogens is 1. The van der Waals surface area contributed by atoms with Crippen molar-refractivity contribution in [2.45, 2.75) is 90.8 Å². The summed E-state index contributed by atoms with van der Waals surface area (Å²) in [5, 5.41) is 0. The maximum absolute atomic E-state index is 15.0. The van der Waals surface area contributed by atoms with E-state index in [1.165, 1.54) is 13.1 Å². The topological polar surface area (TPSA) is 108 Å². The Balaban J connectivity index is 2.06. The molecule has 1 aromatic heterocycles. The highest BCUT2D eigenvalue weighted by Crippen LogP contribution is 2.34. The number of carbonyl (C=O) groups excluding carboxylic acids is 1. The smallest absolute Gasteiger partial charge is 0.308 e. The van der Waals surface area contributed by atoms with E-state index in [9.17, 15) is 13.2 Å². The van der Waals surface area contributed by atoms with E-state index in [0.717, 1.165) is 10.6 Å². The van der Waals surface area contributed by atoms with Gasteiger partial charge in [0.2, 0.25) is 16.0 Å². The van der Waals surface area contributed by atoms with Crippen LogP contribution >= 0.6 is 0 Å². The molecule has 0 amide bonds. The molecule has 1 saturated heterocycles. The minimum atomic E-state index is -3.67. The van der Waals surface area contributed by atoms with Crippen molar-refractivity contribution in [2.75, 3.05) is 17.6 Å². The van der Waals surface area contributed by atoms with E-state index in [-0.39, 0.29) is 35.5 Å². The van der Waals surface area contributed by atoms with E-state index in [4.69, 9.17) is 14.2 Å². The summed E-state index contributed by atoms with van der Waals surface area (Å²) in [6.45, 7) is 12.8. The SMILES string of the molecule is CC(C)c1nc(N(C)S(C)(=O)=O)nc(-c2ccccc2F)c1/C=C/[C@@H]1C[C@H](CC(=O)OC(C)(C)C)OC(C)(C)O1. The molecule has 0 N–H and O–H groups in total. The molecule has 0 radical (unpaired) electrons. The second kappa shape index (κ2) is 11.9. The summed E-state index contributed by atoms with van der Waals surface area (Å²) in [6, 6.07) is 6.18. The van der Waals surface area contributed by atoms with Crippen LogP contribution in [0.4, 0.5) is 10.3 Å². The molecule has 2 heterocycles. The van der Waals surface area contributed by atoms with Gasteiger partial charge in [-0.25, -0.2) is 27.1 Å². The van der Waals surface area contributed by atoms with E-state index in [1.54, 1.807) is 38.1 Å². The number of sulfonamides is 1. The minimum Gasteiger partial charge on any atom is -0.460 e. The van der Waals surface area contributed by atoms with Crippen molar-refractivity contribution < 1.29 is 31.8 Å². The zero-order chi connectivity index (χ0) is 30.0. The fraction of sp³-hybridized carbons (Fsp3) is 0.552. The average Bonchev–Trinajstić information content (AvgIpc) is 2.79. The molecule has 1 aliphatic heterocycles. The first-order valence-corrected chi connectivity index (χ1v) is 15.1. The fourth-order valence-corrected chi connectivity index (χ4v) is 4.77. The first-order valence-electron chi connectivity index (χ1n) is 13.2. The van der Waals surface area contributed by atoms with Gasteiger partial charge >= 0.3 is 5.97 Å². The molecule has 0 bridgehead atoms. The van der Waals surface area contributed by atoms with E-state index < -0.39 is 39.4 Å². The average molecular weight is 578 g/mol. The Kier molecular flexibility index (Phi) is 9.43. The van der Waals surface area contributed by atoms with Gasteiger partial charge in [-0.1, -0.05) is 38.1 Å². The largest absolute Gasteiger partial charge is 0.460 e. The Labute approximate surface area is 236 Å². The van der Waals surface area contributed by atoms with Crippen molar-refractivity contribution in [1.82, 2.24) is 9.97 Å². The summed E-state index contributed by atoms with van der Waals surface area (Å²) in [7, 11) is -2.31. The maximum Gasteiger partial charge on any atom is 0.308 e. The molecule has 220 valence electrons. The number of aromatic nitrogens is 2. The molecule has 2 aromatic rings. The molecule has 0 aliphatic carbocycles. The standard InChI is InChI=1S/C29H40FN3O6S/c1-18(2)25-22(15-14-19-16-20(38-29(6,7)37-19)17-24(34)39-28(3,4)5)26(21-12-10-11-13-23(21)30)32-27(31-25)33(8)40(9,35)36/h10-15,18-20H,16-17H2,1-9H3/b15-14+/t19-,20-/m1/s1. The number of carbonyl (C=O) groups is 1. The predicted molar refractivity (Wildman–Crippen MR) is 153 cm³/mol. The van der Waals surface area contributed by atoms with Crippen molar-refractivity contribution in [2.24, 2.45) is 0 Å². The van der Waals surface area contributed by atoms with Gasteiger partial charge in [-0.3, -0.25) is 4.79 Å². The Bertz CT molecular complexity index is 1370. The number of esters is 1.